The zero-order chi connectivity index (χ0) is 18.5. The first-order chi connectivity index (χ1) is 12.5. The molecule has 1 aromatic carbocycles. The third kappa shape index (κ3) is 4.66. The van der Waals surface area contributed by atoms with Crippen molar-refractivity contribution in [3.8, 4) is 0 Å². The lowest BCUT2D eigenvalue weighted by Gasteiger charge is -2.18. The highest BCUT2D eigenvalue weighted by Crippen LogP contribution is 2.23. The van der Waals surface area contributed by atoms with Crippen LogP contribution in [0.3, 0.4) is 0 Å². The maximum absolute atomic E-state index is 12.2. The highest BCUT2D eigenvalue weighted by molar-refractivity contribution is 6.30. The highest BCUT2D eigenvalue weighted by Gasteiger charge is 2.31. The van der Waals surface area contributed by atoms with Crippen molar-refractivity contribution < 1.29 is 14.4 Å². The molecule has 2 aliphatic heterocycles. The average molecular weight is 379 g/mol. The van der Waals surface area contributed by atoms with E-state index in [1.54, 1.807) is 29.2 Å². The number of benzene rings is 1. The third-order valence-corrected chi connectivity index (χ3v) is 4.91. The Balaban J connectivity index is 1.38. The molecule has 2 fully saturated rings. The molecule has 0 spiro atoms. The number of nitrogens with zero attached hydrogens (tertiary/aromatic N) is 2. The molecule has 2 N–H and O–H groups in total. The van der Waals surface area contributed by atoms with Gasteiger partial charge in [-0.25, -0.2) is 4.79 Å². The Kier molecular flexibility index (Phi) is 5.98. The van der Waals surface area contributed by atoms with E-state index in [1.165, 1.54) is 0 Å². The maximum atomic E-state index is 12.2. The second-order valence-corrected chi connectivity index (χ2v) is 7.06. The minimum Gasteiger partial charge on any atom is -0.343 e. The lowest BCUT2D eigenvalue weighted by Crippen LogP contribution is -2.44. The van der Waals surface area contributed by atoms with E-state index in [-0.39, 0.29) is 30.3 Å². The number of rotatable bonds is 6. The van der Waals surface area contributed by atoms with Gasteiger partial charge in [-0.3, -0.25) is 9.59 Å². The van der Waals surface area contributed by atoms with Crippen LogP contribution in [0.5, 0.6) is 0 Å². The van der Waals surface area contributed by atoms with Gasteiger partial charge in [0.2, 0.25) is 11.8 Å². The molecule has 0 saturated carbocycles. The Morgan fingerprint density at radius 2 is 1.96 bits per heavy atom. The normalized spacial score (nSPS) is 20.0. The molecule has 2 saturated heterocycles. The lowest BCUT2D eigenvalue weighted by molar-refractivity contribution is -0.127. The van der Waals surface area contributed by atoms with E-state index in [9.17, 15) is 14.4 Å². The monoisotopic (exact) mass is 378 g/mol. The first-order valence-corrected chi connectivity index (χ1v) is 9.29. The minimum absolute atomic E-state index is 0.0230. The molecule has 0 radical (unpaired) electrons. The number of carbonyl (C=O) groups excluding carboxylic acids is 3. The number of urea groups is 1. The van der Waals surface area contributed by atoms with E-state index in [0.29, 0.717) is 31.1 Å². The summed E-state index contributed by atoms with van der Waals surface area (Å²) in [5.74, 6) is 0.173. The number of likely N-dealkylation sites (tertiary alicyclic amines) is 1. The number of amides is 4. The zero-order valence-electron chi connectivity index (χ0n) is 14.5. The molecular weight excluding hydrogens is 356 g/mol. The van der Waals surface area contributed by atoms with Crippen molar-refractivity contribution in [1.29, 1.82) is 0 Å². The van der Waals surface area contributed by atoms with E-state index < -0.39 is 0 Å². The van der Waals surface area contributed by atoms with Crippen LogP contribution in [0.4, 0.5) is 10.5 Å². The first kappa shape index (κ1) is 18.5. The molecule has 2 heterocycles. The molecule has 0 unspecified atom stereocenters. The second-order valence-electron chi connectivity index (χ2n) is 6.62. The summed E-state index contributed by atoms with van der Waals surface area (Å²) in [4.78, 5) is 39.2. The van der Waals surface area contributed by atoms with Gasteiger partial charge >= 0.3 is 6.03 Å². The summed E-state index contributed by atoms with van der Waals surface area (Å²) in [6, 6.07) is 6.56. The Bertz CT molecular complexity index is 680. The van der Waals surface area contributed by atoms with E-state index in [4.69, 9.17) is 11.6 Å². The van der Waals surface area contributed by atoms with E-state index in [1.807, 2.05) is 4.90 Å². The summed E-state index contributed by atoms with van der Waals surface area (Å²) in [6.45, 7) is 2.43. The van der Waals surface area contributed by atoms with E-state index in [2.05, 4.69) is 10.6 Å². The number of hydrogen-bond acceptors (Lipinski definition) is 3. The van der Waals surface area contributed by atoms with Crippen LogP contribution in [0, 0.1) is 0 Å². The highest BCUT2D eigenvalue weighted by atomic mass is 35.5. The van der Waals surface area contributed by atoms with E-state index in [0.717, 1.165) is 25.1 Å². The molecule has 0 aliphatic carbocycles. The van der Waals surface area contributed by atoms with Crippen molar-refractivity contribution in [2.45, 2.75) is 31.7 Å². The quantitative estimate of drug-likeness (QED) is 0.740. The molecule has 4 amide bonds. The van der Waals surface area contributed by atoms with Crippen molar-refractivity contribution in [1.82, 2.24) is 15.5 Å². The number of nitrogens with one attached hydrogen (secondary N) is 2. The fourth-order valence-corrected chi connectivity index (χ4v) is 3.45. The Hall–Kier alpha value is -2.28. The van der Waals surface area contributed by atoms with Crippen LogP contribution in [-0.2, 0) is 9.59 Å². The van der Waals surface area contributed by atoms with Crippen molar-refractivity contribution in [3.63, 3.8) is 0 Å². The summed E-state index contributed by atoms with van der Waals surface area (Å²) in [5, 5.41) is 6.24. The van der Waals surface area contributed by atoms with E-state index >= 15 is 0 Å². The predicted octanol–water partition coefficient (Wildman–Crippen LogP) is 1.76. The van der Waals surface area contributed by atoms with Crippen LogP contribution < -0.4 is 15.5 Å². The molecule has 140 valence electrons. The first-order valence-electron chi connectivity index (χ1n) is 8.91. The van der Waals surface area contributed by atoms with Crippen LogP contribution in [0.2, 0.25) is 5.02 Å². The zero-order valence-corrected chi connectivity index (χ0v) is 15.3. The number of hydrogen-bond donors (Lipinski definition) is 2. The van der Waals surface area contributed by atoms with Gasteiger partial charge in [0.25, 0.3) is 0 Å². The molecule has 26 heavy (non-hydrogen) atoms. The van der Waals surface area contributed by atoms with Crippen molar-refractivity contribution in [3.05, 3.63) is 29.3 Å². The Labute approximate surface area is 157 Å². The number of carbonyl (C=O) groups is 3. The molecular formula is C18H23ClN4O3. The van der Waals surface area contributed by atoms with Gasteiger partial charge in [0.15, 0.2) is 0 Å². The SMILES string of the molecule is O=C(NCCCN1CCCC1=O)N[C@H]1CC(=O)N(c2ccc(Cl)cc2)C1. The maximum Gasteiger partial charge on any atom is 0.315 e. The molecule has 3 rings (SSSR count). The number of anilines is 1. The Morgan fingerprint density at radius 1 is 1.19 bits per heavy atom. The van der Waals surface area contributed by atoms with Crippen LogP contribution in [0.25, 0.3) is 0 Å². The largest absolute Gasteiger partial charge is 0.343 e. The van der Waals surface area contributed by atoms with Crippen molar-refractivity contribution in [2.24, 2.45) is 0 Å². The van der Waals surface area contributed by atoms with Gasteiger partial charge in [-0.1, -0.05) is 11.6 Å². The van der Waals surface area contributed by atoms with Gasteiger partial charge in [0.05, 0.1) is 6.04 Å². The van der Waals surface area contributed by atoms with Crippen LogP contribution in [-0.4, -0.2) is 55.0 Å². The molecule has 0 aromatic heterocycles. The van der Waals surface area contributed by atoms with Gasteiger partial charge in [0.1, 0.15) is 0 Å². The van der Waals surface area contributed by atoms with Crippen molar-refractivity contribution >= 4 is 35.1 Å². The van der Waals surface area contributed by atoms with Gasteiger partial charge in [-0.2, -0.15) is 0 Å². The summed E-state index contributed by atoms with van der Waals surface area (Å²) in [7, 11) is 0. The summed E-state index contributed by atoms with van der Waals surface area (Å²) >= 11 is 5.87. The summed E-state index contributed by atoms with van der Waals surface area (Å²) in [5.41, 5.74) is 0.777. The van der Waals surface area contributed by atoms with Gasteiger partial charge in [0, 0.05) is 49.7 Å². The molecule has 7 nitrogen and oxygen atoms in total. The molecule has 1 aromatic rings. The van der Waals surface area contributed by atoms with Gasteiger partial charge in [-0.15, -0.1) is 0 Å². The van der Waals surface area contributed by atoms with Crippen LogP contribution in [0.15, 0.2) is 24.3 Å². The van der Waals surface area contributed by atoms with Gasteiger partial charge < -0.3 is 20.4 Å². The fraction of sp³-hybridized carbons (Fsp3) is 0.500. The summed E-state index contributed by atoms with van der Waals surface area (Å²) in [6.07, 6.45) is 2.55. The lowest BCUT2D eigenvalue weighted by atomic mass is 10.2. The minimum atomic E-state index is -0.284. The van der Waals surface area contributed by atoms with Crippen LogP contribution in [0.1, 0.15) is 25.7 Å². The average Bonchev–Trinajstić information content (AvgIpc) is 3.18. The van der Waals surface area contributed by atoms with Crippen LogP contribution >= 0.6 is 11.6 Å². The second kappa shape index (κ2) is 8.40. The molecule has 1 atom stereocenters. The molecule has 8 heteroatoms. The Morgan fingerprint density at radius 3 is 2.65 bits per heavy atom. The standard InChI is InChI=1S/C18H23ClN4O3/c19-13-4-6-15(7-5-13)23-12-14(11-17(23)25)21-18(26)20-8-2-10-22-9-1-3-16(22)24/h4-7,14H,1-3,8-12H2,(H2,20,21,26)/t14-/m0/s1. The molecule has 2 aliphatic rings. The van der Waals surface area contributed by atoms with Gasteiger partial charge in [-0.05, 0) is 37.1 Å². The number of halogens is 1. The predicted molar refractivity (Wildman–Crippen MR) is 99.2 cm³/mol. The summed E-state index contributed by atoms with van der Waals surface area (Å²) < 4.78 is 0. The molecule has 0 bridgehead atoms. The van der Waals surface area contributed by atoms with Crippen molar-refractivity contribution in [2.75, 3.05) is 31.1 Å². The smallest absolute Gasteiger partial charge is 0.315 e. The third-order valence-electron chi connectivity index (χ3n) is 4.66. The topological polar surface area (TPSA) is 81.8 Å². The fourth-order valence-electron chi connectivity index (χ4n) is 3.32.